The number of halogens is 1. The van der Waals surface area contributed by atoms with Crippen LogP contribution in [0.5, 0.6) is 0 Å². The molecule has 0 heterocycles. The van der Waals surface area contributed by atoms with Crippen LogP contribution < -0.4 is 5.32 Å². The van der Waals surface area contributed by atoms with Gasteiger partial charge in [0.05, 0.1) is 12.1 Å². The zero-order valence-electron chi connectivity index (χ0n) is 8.36. The Morgan fingerprint density at radius 2 is 1.80 bits per heavy atom. The molecule has 2 N–H and O–H groups in total. The van der Waals surface area contributed by atoms with E-state index in [4.69, 9.17) is 0 Å². The molecule has 2 rings (SSSR count). The highest BCUT2D eigenvalue weighted by atomic mass is 79.9. The zero-order valence-corrected chi connectivity index (χ0v) is 9.94. The summed E-state index contributed by atoms with van der Waals surface area (Å²) < 4.78 is 1.07. The fourth-order valence-corrected chi connectivity index (χ4v) is 1.98. The minimum absolute atomic E-state index is 0.135. The summed E-state index contributed by atoms with van der Waals surface area (Å²) in [6, 6.07) is 8.14. The minimum Gasteiger partial charge on any atom is -0.391 e. The lowest BCUT2D eigenvalue weighted by molar-refractivity contribution is 0.151. The van der Waals surface area contributed by atoms with E-state index in [2.05, 4.69) is 27.3 Å². The Kier molecular flexibility index (Phi) is 3.44. The first-order valence-corrected chi connectivity index (χ1v) is 5.90. The lowest BCUT2D eigenvalue weighted by Crippen LogP contribution is -2.34. The molecule has 0 bridgehead atoms. The zero-order chi connectivity index (χ0) is 10.7. The first-order chi connectivity index (χ1) is 7.25. The molecule has 0 unspecified atom stereocenters. The molecule has 2 nitrogen and oxygen atoms in total. The van der Waals surface area contributed by atoms with Gasteiger partial charge in [0.25, 0.3) is 0 Å². The number of aliphatic hydroxyl groups is 1. The number of aliphatic hydroxyl groups excluding tert-OH is 1. The van der Waals surface area contributed by atoms with Gasteiger partial charge in [-0.25, -0.2) is 0 Å². The monoisotopic (exact) mass is 267 g/mol. The average molecular weight is 268 g/mol. The highest BCUT2D eigenvalue weighted by Crippen LogP contribution is 2.19. The van der Waals surface area contributed by atoms with Crippen molar-refractivity contribution < 1.29 is 5.11 Å². The van der Waals surface area contributed by atoms with Gasteiger partial charge in [-0.15, -0.1) is 0 Å². The molecule has 0 aromatic heterocycles. The van der Waals surface area contributed by atoms with Gasteiger partial charge in [0.2, 0.25) is 0 Å². The summed E-state index contributed by atoms with van der Waals surface area (Å²) in [6.07, 6.45) is 5.50. The smallest absolute Gasteiger partial charge is 0.0778 e. The summed E-state index contributed by atoms with van der Waals surface area (Å²) in [5.41, 5.74) is 1.05. The molecular formula is C12H14BrNO. The van der Waals surface area contributed by atoms with Crippen LogP contribution in [-0.4, -0.2) is 17.3 Å². The van der Waals surface area contributed by atoms with Crippen molar-refractivity contribution in [3.63, 3.8) is 0 Å². The summed E-state index contributed by atoms with van der Waals surface area (Å²) in [4.78, 5) is 0. The molecule has 0 radical (unpaired) electrons. The van der Waals surface area contributed by atoms with E-state index in [-0.39, 0.29) is 12.1 Å². The SMILES string of the molecule is O[C@@H]1CC=CC[C@H]1Nc1ccc(Br)cc1. The Morgan fingerprint density at radius 3 is 2.47 bits per heavy atom. The highest BCUT2D eigenvalue weighted by Gasteiger charge is 2.19. The summed E-state index contributed by atoms with van der Waals surface area (Å²) in [6.45, 7) is 0. The number of hydrogen-bond acceptors (Lipinski definition) is 2. The Morgan fingerprint density at radius 1 is 1.13 bits per heavy atom. The normalized spacial score (nSPS) is 25.2. The van der Waals surface area contributed by atoms with Crippen LogP contribution in [0.15, 0.2) is 40.9 Å². The van der Waals surface area contributed by atoms with Crippen molar-refractivity contribution in [2.24, 2.45) is 0 Å². The molecule has 0 spiro atoms. The molecule has 3 heteroatoms. The van der Waals surface area contributed by atoms with Crippen LogP contribution in [-0.2, 0) is 0 Å². The van der Waals surface area contributed by atoms with Gasteiger partial charge in [0, 0.05) is 10.2 Å². The number of benzene rings is 1. The molecule has 0 aliphatic heterocycles. The maximum Gasteiger partial charge on any atom is 0.0778 e. The third-order valence-electron chi connectivity index (χ3n) is 2.60. The van der Waals surface area contributed by atoms with Gasteiger partial charge in [-0.05, 0) is 37.1 Å². The third-order valence-corrected chi connectivity index (χ3v) is 3.12. The summed E-state index contributed by atoms with van der Waals surface area (Å²) in [5, 5.41) is 13.1. The van der Waals surface area contributed by atoms with E-state index in [1.807, 2.05) is 30.3 Å². The van der Waals surface area contributed by atoms with Crippen molar-refractivity contribution in [3.8, 4) is 0 Å². The molecule has 80 valence electrons. The van der Waals surface area contributed by atoms with E-state index in [1.165, 1.54) is 0 Å². The van der Waals surface area contributed by atoms with Gasteiger partial charge in [-0.3, -0.25) is 0 Å². The molecule has 1 aliphatic carbocycles. The summed E-state index contributed by atoms with van der Waals surface area (Å²) >= 11 is 3.39. The van der Waals surface area contributed by atoms with E-state index in [0.29, 0.717) is 0 Å². The van der Waals surface area contributed by atoms with E-state index in [9.17, 15) is 5.11 Å². The molecule has 15 heavy (non-hydrogen) atoms. The van der Waals surface area contributed by atoms with Crippen LogP contribution in [0.25, 0.3) is 0 Å². The summed E-state index contributed by atoms with van der Waals surface area (Å²) in [7, 11) is 0. The first-order valence-electron chi connectivity index (χ1n) is 5.11. The van der Waals surface area contributed by atoms with Crippen molar-refractivity contribution in [1.29, 1.82) is 0 Å². The van der Waals surface area contributed by atoms with Crippen molar-refractivity contribution in [2.75, 3.05) is 5.32 Å². The van der Waals surface area contributed by atoms with Gasteiger partial charge in [0.15, 0.2) is 0 Å². The van der Waals surface area contributed by atoms with Crippen molar-refractivity contribution in [2.45, 2.75) is 25.0 Å². The molecule has 2 atom stereocenters. The minimum atomic E-state index is -0.279. The van der Waals surface area contributed by atoms with Gasteiger partial charge in [-0.2, -0.15) is 0 Å². The molecule has 1 aliphatic rings. The number of hydrogen-bond donors (Lipinski definition) is 2. The predicted molar refractivity (Wildman–Crippen MR) is 65.9 cm³/mol. The Labute approximate surface area is 98.1 Å². The molecule has 0 saturated carbocycles. The fourth-order valence-electron chi connectivity index (χ4n) is 1.72. The van der Waals surface area contributed by atoms with Gasteiger partial charge < -0.3 is 10.4 Å². The number of anilines is 1. The quantitative estimate of drug-likeness (QED) is 0.808. The lowest BCUT2D eigenvalue weighted by atomic mass is 9.98. The maximum atomic E-state index is 9.76. The van der Waals surface area contributed by atoms with E-state index in [0.717, 1.165) is 23.0 Å². The molecular weight excluding hydrogens is 254 g/mol. The standard InChI is InChI=1S/C12H14BrNO/c13-9-5-7-10(8-6-9)14-11-3-1-2-4-12(11)15/h1-2,5-8,11-12,14-15H,3-4H2/t11-,12-/m1/s1. The second-order valence-corrected chi connectivity index (χ2v) is 4.68. The predicted octanol–water partition coefficient (Wildman–Crippen LogP) is 2.94. The first kappa shape index (κ1) is 10.7. The van der Waals surface area contributed by atoms with Crippen LogP contribution in [0.3, 0.4) is 0 Å². The van der Waals surface area contributed by atoms with Gasteiger partial charge in [0.1, 0.15) is 0 Å². The van der Waals surface area contributed by atoms with Gasteiger partial charge >= 0.3 is 0 Å². The van der Waals surface area contributed by atoms with Crippen LogP contribution in [0.2, 0.25) is 0 Å². The molecule has 0 saturated heterocycles. The lowest BCUT2D eigenvalue weighted by Gasteiger charge is -2.26. The Bertz CT molecular complexity index is 347. The van der Waals surface area contributed by atoms with Crippen molar-refractivity contribution in [1.82, 2.24) is 0 Å². The number of rotatable bonds is 2. The van der Waals surface area contributed by atoms with E-state index >= 15 is 0 Å². The fraction of sp³-hybridized carbons (Fsp3) is 0.333. The number of nitrogens with one attached hydrogen (secondary N) is 1. The third kappa shape index (κ3) is 2.83. The van der Waals surface area contributed by atoms with Gasteiger partial charge in [-0.1, -0.05) is 28.1 Å². The topological polar surface area (TPSA) is 32.3 Å². The Hall–Kier alpha value is -0.800. The van der Waals surface area contributed by atoms with Crippen LogP contribution in [0, 0.1) is 0 Å². The maximum absolute atomic E-state index is 9.76. The second kappa shape index (κ2) is 4.81. The Balaban J connectivity index is 2.02. The highest BCUT2D eigenvalue weighted by molar-refractivity contribution is 9.10. The summed E-state index contributed by atoms with van der Waals surface area (Å²) in [5.74, 6) is 0. The van der Waals surface area contributed by atoms with Crippen LogP contribution >= 0.6 is 15.9 Å². The second-order valence-electron chi connectivity index (χ2n) is 3.77. The van der Waals surface area contributed by atoms with Crippen molar-refractivity contribution >= 4 is 21.6 Å². The molecule has 1 aromatic rings. The van der Waals surface area contributed by atoms with E-state index < -0.39 is 0 Å². The van der Waals surface area contributed by atoms with Crippen molar-refractivity contribution in [3.05, 3.63) is 40.9 Å². The van der Waals surface area contributed by atoms with E-state index in [1.54, 1.807) is 0 Å². The average Bonchev–Trinajstić information content (AvgIpc) is 2.25. The molecule has 0 amide bonds. The molecule has 0 fully saturated rings. The largest absolute Gasteiger partial charge is 0.391 e. The molecule has 1 aromatic carbocycles. The van der Waals surface area contributed by atoms with Crippen LogP contribution in [0.4, 0.5) is 5.69 Å². The van der Waals surface area contributed by atoms with Crippen LogP contribution in [0.1, 0.15) is 12.8 Å².